The molecule has 0 saturated carbocycles. The number of aromatic nitrogens is 2. The molecule has 1 saturated heterocycles. The fourth-order valence-corrected chi connectivity index (χ4v) is 2.80. The molecule has 0 aliphatic carbocycles. The Morgan fingerprint density at radius 2 is 2.15 bits per heavy atom. The highest BCUT2D eigenvalue weighted by Crippen LogP contribution is 2.30. The van der Waals surface area contributed by atoms with Crippen molar-refractivity contribution < 1.29 is 0 Å². The maximum absolute atomic E-state index is 9.32. The largest absolute Gasteiger partial charge is 0.368 e. The van der Waals surface area contributed by atoms with Crippen molar-refractivity contribution >= 4 is 16.6 Å². The summed E-state index contributed by atoms with van der Waals surface area (Å²) in [6, 6.07) is 10.2. The van der Waals surface area contributed by atoms with Crippen molar-refractivity contribution in [1.82, 2.24) is 10.2 Å². The van der Waals surface area contributed by atoms with Crippen LogP contribution >= 0.6 is 0 Å². The van der Waals surface area contributed by atoms with Gasteiger partial charge in [0.25, 0.3) is 0 Å². The number of rotatable bonds is 1. The molecule has 1 aliphatic rings. The van der Waals surface area contributed by atoms with E-state index in [0.717, 1.165) is 36.1 Å². The predicted octanol–water partition coefficient (Wildman–Crippen LogP) is 1.67. The summed E-state index contributed by atoms with van der Waals surface area (Å²) in [4.78, 5) is 2.23. The molecule has 0 bridgehead atoms. The second kappa shape index (κ2) is 5.06. The number of piperidine rings is 1. The van der Waals surface area contributed by atoms with Gasteiger partial charge in [-0.25, -0.2) is 0 Å². The van der Waals surface area contributed by atoms with Crippen molar-refractivity contribution in [2.45, 2.75) is 19.4 Å². The van der Waals surface area contributed by atoms with Gasteiger partial charge in [0.1, 0.15) is 6.07 Å². The van der Waals surface area contributed by atoms with Crippen LogP contribution in [0.25, 0.3) is 10.9 Å². The van der Waals surface area contributed by atoms with Crippen LogP contribution in [0.1, 0.15) is 19.0 Å². The van der Waals surface area contributed by atoms with E-state index in [1.165, 1.54) is 0 Å². The van der Waals surface area contributed by atoms with Crippen LogP contribution in [-0.2, 0) is 0 Å². The molecule has 0 radical (unpaired) electrons. The molecule has 1 aliphatic heterocycles. The second-order valence-corrected chi connectivity index (χ2v) is 5.40. The fraction of sp³-hybridized carbons (Fsp3) is 0.400. The Kier molecular flexibility index (Phi) is 3.25. The Balaban J connectivity index is 2.12. The van der Waals surface area contributed by atoms with Crippen molar-refractivity contribution in [1.29, 1.82) is 5.26 Å². The van der Waals surface area contributed by atoms with Gasteiger partial charge in [0, 0.05) is 24.5 Å². The van der Waals surface area contributed by atoms with Crippen molar-refractivity contribution in [3.63, 3.8) is 0 Å². The third kappa shape index (κ3) is 2.08. The highest BCUT2D eigenvalue weighted by atomic mass is 15.2. The molecule has 2 N–H and O–H groups in total. The molecule has 2 atom stereocenters. The summed E-state index contributed by atoms with van der Waals surface area (Å²) in [7, 11) is 0. The molecule has 5 heteroatoms. The summed E-state index contributed by atoms with van der Waals surface area (Å²) in [5.41, 5.74) is 8.20. The Bertz CT molecular complexity index is 676. The minimum absolute atomic E-state index is 0.234. The van der Waals surface area contributed by atoms with Crippen molar-refractivity contribution in [3.8, 4) is 6.07 Å². The first-order valence-electron chi connectivity index (χ1n) is 6.86. The zero-order valence-electron chi connectivity index (χ0n) is 11.5. The SMILES string of the molecule is CC1CN(c2c(C#N)nnc3ccccc23)CCC1N. The average Bonchev–Trinajstić information content (AvgIpc) is 2.49. The minimum Gasteiger partial charge on any atom is -0.368 e. The number of nitriles is 1. The van der Waals surface area contributed by atoms with Gasteiger partial charge in [0.2, 0.25) is 0 Å². The number of nitrogens with zero attached hydrogens (tertiary/aromatic N) is 4. The van der Waals surface area contributed by atoms with Crippen molar-refractivity contribution in [2.75, 3.05) is 18.0 Å². The molecule has 1 aromatic carbocycles. The number of nitrogens with two attached hydrogens (primary N) is 1. The molecular weight excluding hydrogens is 250 g/mol. The Morgan fingerprint density at radius 1 is 1.35 bits per heavy atom. The van der Waals surface area contributed by atoms with Gasteiger partial charge in [-0.3, -0.25) is 0 Å². The summed E-state index contributed by atoms with van der Waals surface area (Å²) in [6.45, 7) is 3.86. The second-order valence-electron chi connectivity index (χ2n) is 5.40. The molecule has 1 fully saturated rings. The van der Waals surface area contributed by atoms with E-state index < -0.39 is 0 Å². The standard InChI is InChI=1S/C15H17N5/c1-10-9-20(7-6-12(10)17)15-11-4-2-3-5-13(11)18-19-14(15)8-16/h2-5,10,12H,6-7,9,17H2,1H3. The lowest BCUT2D eigenvalue weighted by molar-refractivity contribution is 0.383. The van der Waals surface area contributed by atoms with E-state index in [2.05, 4.69) is 28.1 Å². The quantitative estimate of drug-likeness (QED) is 0.850. The third-order valence-electron chi connectivity index (χ3n) is 4.03. The molecular formula is C15H17N5. The Hall–Kier alpha value is -2.19. The predicted molar refractivity (Wildman–Crippen MR) is 78.2 cm³/mol. The smallest absolute Gasteiger partial charge is 0.187 e. The molecule has 102 valence electrons. The Labute approximate surface area is 118 Å². The van der Waals surface area contributed by atoms with E-state index >= 15 is 0 Å². The van der Waals surface area contributed by atoms with E-state index in [-0.39, 0.29) is 6.04 Å². The molecule has 20 heavy (non-hydrogen) atoms. The van der Waals surface area contributed by atoms with Gasteiger partial charge >= 0.3 is 0 Å². The van der Waals surface area contributed by atoms with Crippen LogP contribution in [0.3, 0.4) is 0 Å². The number of benzene rings is 1. The zero-order valence-corrected chi connectivity index (χ0v) is 11.5. The summed E-state index contributed by atoms with van der Waals surface area (Å²) in [5.74, 6) is 0.405. The van der Waals surface area contributed by atoms with Gasteiger partial charge in [0.05, 0.1) is 11.2 Å². The van der Waals surface area contributed by atoms with E-state index in [4.69, 9.17) is 5.73 Å². The first-order chi connectivity index (χ1) is 9.70. The normalized spacial score (nSPS) is 22.8. The maximum Gasteiger partial charge on any atom is 0.187 e. The van der Waals surface area contributed by atoms with Crippen LogP contribution in [0.2, 0.25) is 0 Å². The van der Waals surface area contributed by atoms with E-state index in [9.17, 15) is 5.26 Å². The van der Waals surface area contributed by atoms with Gasteiger partial charge < -0.3 is 10.6 Å². The molecule has 2 aromatic rings. The van der Waals surface area contributed by atoms with Crippen molar-refractivity contribution in [2.24, 2.45) is 11.7 Å². The van der Waals surface area contributed by atoms with E-state index in [0.29, 0.717) is 11.6 Å². The molecule has 5 nitrogen and oxygen atoms in total. The van der Waals surface area contributed by atoms with E-state index in [1.54, 1.807) is 0 Å². The highest BCUT2D eigenvalue weighted by molar-refractivity contribution is 5.93. The third-order valence-corrected chi connectivity index (χ3v) is 4.03. The van der Waals surface area contributed by atoms with E-state index in [1.807, 2.05) is 24.3 Å². The first kappa shape index (κ1) is 12.8. The number of fused-ring (bicyclic) bond motifs is 1. The summed E-state index contributed by atoms with van der Waals surface area (Å²) >= 11 is 0. The highest BCUT2D eigenvalue weighted by Gasteiger charge is 2.26. The lowest BCUT2D eigenvalue weighted by Gasteiger charge is -2.37. The van der Waals surface area contributed by atoms with Crippen molar-refractivity contribution in [3.05, 3.63) is 30.0 Å². The lowest BCUT2D eigenvalue weighted by atomic mass is 9.94. The molecule has 2 unspecified atom stereocenters. The number of hydrogen-bond donors (Lipinski definition) is 1. The number of hydrogen-bond acceptors (Lipinski definition) is 5. The van der Waals surface area contributed by atoms with Crippen LogP contribution in [-0.4, -0.2) is 29.3 Å². The van der Waals surface area contributed by atoms with Gasteiger partial charge in [-0.1, -0.05) is 25.1 Å². The van der Waals surface area contributed by atoms with Crippen LogP contribution in [0.4, 0.5) is 5.69 Å². The zero-order chi connectivity index (χ0) is 14.1. The van der Waals surface area contributed by atoms with Crippen LogP contribution in [0, 0.1) is 17.2 Å². The molecule has 0 spiro atoms. The fourth-order valence-electron chi connectivity index (χ4n) is 2.80. The Morgan fingerprint density at radius 3 is 2.90 bits per heavy atom. The van der Waals surface area contributed by atoms with Gasteiger partial charge in [-0.2, -0.15) is 5.26 Å². The van der Waals surface area contributed by atoms with Gasteiger partial charge in [0.15, 0.2) is 5.69 Å². The maximum atomic E-state index is 9.32. The number of anilines is 1. The topological polar surface area (TPSA) is 78.8 Å². The van der Waals surface area contributed by atoms with Gasteiger partial charge in [-0.15, -0.1) is 10.2 Å². The lowest BCUT2D eigenvalue weighted by Crippen LogP contribution is -2.46. The molecule has 0 amide bonds. The van der Waals surface area contributed by atoms with Crippen LogP contribution in [0.15, 0.2) is 24.3 Å². The molecule has 2 heterocycles. The minimum atomic E-state index is 0.234. The summed E-state index contributed by atoms with van der Waals surface area (Å²) in [6.07, 6.45) is 0.933. The van der Waals surface area contributed by atoms with Crippen LogP contribution in [0.5, 0.6) is 0 Å². The van der Waals surface area contributed by atoms with Crippen LogP contribution < -0.4 is 10.6 Å². The first-order valence-corrected chi connectivity index (χ1v) is 6.86. The molecule has 3 rings (SSSR count). The summed E-state index contributed by atoms with van der Waals surface area (Å²) < 4.78 is 0. The monoisotopic (exact) mass is 267 g/mol. The molecule has 1 aromatic heterocycles. The average molecular weight is 267 g/mol. The summed E-state index contributed by atoms with van der Waals surface area (Å²) in [5, 5.41) is 18.5. The van der Waals surface area contributed by atoms with Gasteiger partial charge in [-0.05, 0) is 18.4 Å².